The maximum atomic E-state index is 12.8. The Hall–Kier alpha value is -2.46. The average Bonchev–Trinajstić information content (AvgIpc) is 2.99. The number of carbonyl (C=O) groups excluding carboxylic acids is 2. The van der Waals surface area contributed by atoms with Gasteiger partial charge in [-0.15, -0.1) is 0 Å². The molecule has 2 aromatic rings. The zero-order chi connectivity index (χ0) is 22.6. The maximum Gasteiger partial charge on any atom is 0.255 e. The van der Waals surface area contributed by atoms with Crippen LogP contribution in [-0.4, -0.2) is 62.3 Å². The second kappa shape index (κ2) is 9.78. The highest BCUT2D eigenvalue weighted by atomic mass is 35.5. The van der Waals surface area contributed by atoms with E-state index in [0.717, 1.165) is 6.42 Å². The normalized spacial score (nSPS) is 16.4. The Morgan fingerprint density at radius 3 is 2.35 bits per heavy atom. The van der Waals surface area contributed by atoms with Gasteiger partial charge in [-0.1, -0.05) is 23.7 Å². The molecule has 1 unspecified atom stereocenters. The fraction of sp³-hybridized carbons (Fsp3) is 0.333. The van der Waals surface area contributed by atoms with Crippen LogP contribution in [0.25, 0.3) is 0 Å². The zero-order valence-corrected chi connectivity index (χ0v) is 18.7. The van der Waals surface area contributed by atoms with Crippen LogP contribution in [0.5, 0.6) is 0 Å². The Morgan fingerprint density at radius 1 is 1.03 bits per heavy atom. The Labute approximate surface area is 187 Å². The number of nitrogens with one attached hydrogen (secondary N) is 1. The van der Waals surface area contributed by atoms with Gasteiger partial charge in [-0.2, -0.15) is 0 Å². The number of amides is 2. The standard InChI is InChI=1S/C21H25ClN4O4S/c1-15(20(27)24-16-7-9-17(10-8-16)31(23,29)30)25-11-4-12-26(14-13-25)21(28)18-5-2-3-6-19(18)22/h2-3,5-10,15H,4,11-14H2,1H3,(H,24,27)(H2,23,29,30). The van der Waals surface area contributed by atoms with Gasteiger partial charge in [0.05, 0.1) is 21.5 Å². The summed E-state index contributed by atoms with van der Waals surface area (Å²) < 4.78 is 22.7. The van der Waals surface area contributed by atoms with Crippen LogP contribution < -0.4 is 10.5 Å². The van der Waals surface area contributed by atoms with E-state index in [2.05, 4.69) is 5.32 Å². The summed E-state index contributed by atoms with van der Waals surface area (Å²) in [6, 6.07) is 12.2. The van der Waals surface area contributed by atoms with Gasteiger partial charge in [0.25, 0.3) is 5.91 Å². The molecule has 0 saturated carbocycles. The van der Waals surface area contributed by atoms with E-state index in [9.17, 15) is 18.0 Å². The summed E-state index contributed by atoms with van der Waals surface area (Å²) in [7, 11) is -3.78. The van der Waals surface area contributed by atoms with Crippen molar-refractivity contribution >= 4 is 39.1 Å². The van der Waals surface area contributed by atoms with E-state index < -0.39 is 16.1 Å². The van der Waals surface area contributed by atoms with Crippen molar-refractivity contribution in [2.24, 2.45) is 5.14 Å². The SMILES string of the molecule is CC(C(=O)Nc1ccc(S(N)(=O)=O)cc1)N1CCCN(C(=O)c2ccccc2Cl)CC1. The predicted octanol–water partition coefficient (Wildman–Crippen LogP) is 2.16. The smallest absolute Gasteiger partial charge is 0.255 e. The number of halogens is 1. The number of nitrogens with zero attached hydrogens (tertiary/aromatic N) is 2. The number of nitrogens with two attached hydrogens (primary N) is 1. The lowest BCUT2D eigenvalue weighted by molar-refractivity contribution is -0.120. The van der Waals surface area contributed by atoms with Crippen molar-refractivity contribution in [3.8, 4) is 0 Å². The lowest BCUT2D eigenvalue weighted by Gasteiger charge is -2.27. The number of anilines is 1. The van der Waals surface area contributed by atoms with Gasteiger partial charge in [0.15, 0.2) is 0 Å². The topological polar surface area (TPSA) is 113 Å². The summed E-state index contributed by atoms with van der Waals surface area (Å²) in [6.07, 6.45) is 0.733. The lowest BCUT2D eigenvalue weighted by Crippen LogP contribution is -2.44. The van der Waals surface area contributed by atoms with E-state index in [1.807, 2.05) is 4.90 Å². The fourth-order valence-electron chi connectivity index (χ4n) is 3.47. The van der Waals surface area contributed by atoms with Crippen molar-refractivity contribution < 1.29 is 18.0 Å². The highest BCUT2D eigenvalue weighted by Crippen LogP contribution is 2.19. The van der Waals surface area contributed by atoms with Crippen molar-refractivity contribution in [1.29, 1.82) is 0 Å². The van der Waals surface area contributed by atoms with Crippen LogP contribution in [0.3, 0.4) is 0 Å². The quantitative estimate of drug-likeness (QED) is 0.704. The lowest BCUT2D eigenvalue weighted by atomic mass is 10.2. The second-order valence-corrected chi connectivity index (χ2v) is 9.36. The fourth-order valence-corrected chi connectivity index (χ4v) is 4.21. The molecule has 8 nitrogen and oxygen atoms in total. The second-order valence-electron chi connectivity index (χ2n) is 7.40. The zero-order valence-electron chi connectivity index (χ0n) is 17.1. The molecule has 166 valence electrons. The molecule has 10 heteroatoms. The van der Waals surface area contributed by atoms with Gasteiger partial charge in [0.2, 0.25) is 15.9 Å². The number of benzene rings is 2. The van der Waals surface area contributed by atoms with Gasteiger partial charge in [0, 0.05) is 31.9 Å². The van der Waals surface area contributed by atoms with Crippen LogP contribution in [0.15, 0.2) is 53.4 Å². The Bertz CT molecular complexity index is 1060. The molecule has 2 amide bonds. The molecule has 1 aliphatic rings. The average molecular weight is 465 g/mol. The van der Waals surface area contributed by atoms with Crippen LogP contribution >= 0.6 is 11.6 Å². The summed E-state index contributed by atoms with van der Waals surface area (Å²) in [5, 5.41) is 8.31. The van der Waals surface area contributed by atoms with Crippen LogP contribution in [0.2, 0.25) is 5.02 Å². The molecule has 1 saturated heterocycles. The summed E-state index contributed by atoms with van der Waals surface area (Å²) >= 11 is 6.16. The predicted molar refractivity (Wildman–Crippen MR) is 119 cm³/mol. The van der Waals surface area contributed by atoms with E-state index >= 15 is 0 Å². The summed E-state index contributed by atoms with van der Waals surface area (Å²) in [4.78, 5) is 29.3. The molecule has 0 spiro atoms. The van der Waals surface area contributed by atoms with E-state index in [1.54, 1.807) is 36.1 Å². The van der Waals surface area contributed by atoms with Gasteiger partial charge in [0.1, 0.15) is 0 Å². The summed E-state index contributed by atoms with van der Waals surface area (Å²) in [5.74, 6) is -0.325. The summed E-state index contributed by atoms with van der Waals surface area (Å²) in [6.45, 7) is 4.11. The first kappa shape index (κ1) is 23.2. The monoisotopic (exact) mass is 464 g/mol. The van der Waals surface area contributed by atoms with Crippen molar-refractivity contribution in [3.63, 3.8) is 0 Å². The summed E-state index contributed by atoms with van der Waals surface area (Å²) in [5.41, 5.74) is 0.959. The highest BCUT2D eigenvalue weighted by molar-refractivity contribution is 7.89. The molecule has 1 fully saturated rings. The van der Waals surface area contributed by atoms with Crippen molar-refractivity contribution in [2.45, 2.75) is 24.3 Å². The van der Waals surface area contributed by atoms with Crippen LogP contribution in [0, 0.1) is 0 Å². The van der Waals surface area contributed by atoms with Gasteiger partial charge in [-0.3, -0.25) is 14.5 Å². The van der Waals surface area contributed by atoms with E-state index in [0.29, 0.717) is 42.5 Å². The number of hydrogen-bond donors (Lipinski definition) is 2. The van der Waals surface area contributed by atoms with Gasteiger partial charge >= 0.3 is 0 Å². The number of carbonyl (C=O) groups is 2. The van der Waals surface area contributed by atoms with Gasteiger partial charge in [-0.05, 0) is 49.7 Å². The molecule has 2 aromatic carbocycles. The molecule has 31 heavy (non-hydrogen) atoms. The first-order valence-electron chi connectivity index (χ1n) is 9.88. The number of sulfonamides is 1. The minimum atomic E-state index is -3.78. The van der Waals surface area contributed by atoms with Crippen molar-refractivity contribution in [3.05, 3.63) is 59.1 Å². The number of primary sulfonamides is 1. The molecule has 0 radical (unpaired) electrons. The molecule has 1 heterocycles. The van der Waals surface area contributed by atoms with Crippen molar-refractivity contribution in [2.75, 3.05) is 31.5 Å². The van der Waals surface area contributed by atoms with E-state index in [-0.39, 0.29) is 16.7 Å². The molecular weight excluding hydrogens is 440 g/mol. The first-order chi connectivity index (χ1) is 14.7. The highest BCUT2D eigenvalue weighted by Gasteiger charge is 2.26. The van der Waals surface area contributed by atoms with Crippen LogP contribution in [-0.2, 0) is 14.8 Å². The van der Waals surface area contributed by atoms with Crippen LogP contribution in [0.1, 0.15) is 23.7 Å². The van der Waals surface area contributed by atoms with Gasteiger partial charge in [-0.25, -0.2) is 13.6 Å². The molecule has 0 bridgehead atoms. The molecule has 1 aliphatic heterocycles. The number of hydrogen-bond acceptors (Lipinski definition) is 5. The first-order valence-corrected chi connectivity index (χ1v) is 11.8. The number of rotatable bonds is 5. The third-order valence-corrected chi connectivity index (χ3v) is 6.56. The van der Waals surface area contributed by atoms with Gasteiger partial charge < -0.3 is 10.2 Å². The Morgan fingerprint density at radius 2 is 1.71 bits per heavy atom. The minimum Gasteiger partial charge on any atom is -0.337 e. The van der Waals surface area contributed by atoms with E-state index in [4.69, 9.17) is 16.7 Å². The Kier molecular flexibility index (Phi) is 7.32. The molecule has 3 N–H and O–H groups in total. The van der Waals surface area contributed by atoms with Crippen LogP contribution in [0.4, 0.5) is 5.69 Å². The maximum absolute atomic E-state index is 12.8. The molecule has 3 rings (SSSR count). The molecular formula is C21H25ClN4O4S. The third-order valence-electron chi connectivity index (χ3n) is 5.30. The minimum absolute atomic E-state index is 0.0191. The Balaban J connectivity index is 1.60. The third kappa shape index (κ3) is 5.82. The molecule has 1 atom stereocenters. The van der Waals surface area contributed by atoms with E-state index in [1.165, 1.54) is 24.3 Å². The molecule has 0 aromatic heterocycles. The molecule has 0 aliphatic carbocycles. The largest absolute Gasteiger partial charge is 0.337 e. The van der Waals surface area contributed by atoms with Crippen molar-refractivity contribution in [1.82, 2.24) is 9.80 Å².